The Morgan fingerprint density at radius 1 is 1.32 bits per heavy atom. The van der Waals surface area contributed by atoms with Crippen LogP contribution in [0.1, 0.15) is 30.9 Å². The molecule has 1 aromatic rings. The Labute approximate surface area is 152 Å². The molecule has 0 saturated carbocycles. The number of aliphatic imine (C=N–C) groups is 1. The number of nitrogens with zero attached hydrogens (tertiary/aromatic N) is 3. The van der Waals surface area contributed by atoms with Crippen molar-refractivity contribution in [2.75, 3.05) is 53.5 Å². The van der Waals surface area contributed by atoms with Crippen LogP contribution in [0.2, 0.25) is 0 Å². The molecule has 0 amide bonds. The smallest absolute Gasteiger partial charge is 0.193 e. The number of guanidine groups is 1. The normalized spacial score (nSPS) is 23.0. The maximum Gasteiger partial charge on any atom is 0.193 e. The van der Waals surface area contributed by atoms with E-state index in [2.05, 4.69) is 57.5 Å². The fourth-order valence-corrected chi connectivity index (χ4v) is 3.96. The lowest BCUT2D eigenvalue weighted by Crippen LogP contribution is -2.45. The lowest BCUT2D eigenvalue weighted by atomic mass is 10.1. The summed E-state index contributed by atoms with van der Waals surface area (Å²) in [4.78, 5) is 9.33. The highest BCUT2D eigenvalue weighted by Crippen LogP contribution is 2.24. The molecule has 3 rings (SSSR count). The van der Waals surface area contributed by atoms with E-state index in [4.69, 9.17) is 4.74 Å². The average molecular weight is 345 g/mol. The van der Waals surface area contributed by atoms with Gasteiger partial charge in [0.25, 0.3) is 0 Å². The number of likely N-dealkylation sites (tertiary alicyclic amines) is 1. The summed E-state index contributed by atoms with van der Waals surface area (Å²) in [5.74, 6) is 1.60. The standard InChI is InChI=1S/C20H32N4O/c1-21-20(23(2)15-17-10-13-25-16-17)22-14-19(24-11-6-7-12-24)18-8-4-3-5-9-18/h3-5,8-9,17,19H,6-7,10-16H2,1-2H3,(H,21,22). The van der Waals surface area contributed by atoms with Crippen molar-refractivity contribution in [2.24, 2.45) is 10.9 Å². The lowest BCUT2D eigenvalue weighted by Gasteiger charge is -2.31. The summed E-state index contributed by atoms with van der Waals surface area (Å²) >= 11 is 0. The predicted octanol–water partition coefficient (Wildman–Crippen LogP) is 2.37. The molecule has 0 aliphatic carbocycles. The first-order valence-corrected chi connectivity index (χ1v) is 9.56. The van der Waals surface area contributed by atoms with Crippen LogP contribution < -0.4 is 5.32 Å². The van der Waals surface area contributed by atoms with Crippen molar-refractivity contribution in [1.29, 1.82) is 0 Å². The third kappa shape index (κ3) is 4.95. The molecule has 2 aliphatic rings. The molecule has 5 nitrogen and oxygen atoms in total. The van der Waals surface area contributed by atoms with Crippen LogP contribution in [0.3, 0.4) is 0 Å². The first-order valence-electron chi connectivity index (χ1n) is 9.56. The number of benzene rings is 1. The van der Waals surface area contributed by atoms with E-state index < -0.39 is 0 Å². The van der Waals surface area contributed by atoms with Crippen LogP contribution >= 0.6 is 0 Å². The maximum absolute atomic E-state index is 5.50. The second-order valence-electron chi connectivity index (χ2n) is 7.21. The van der Waals surface area contributed by atoms with Crippen molar-refractivity contribution in [3.63, 3.8) is 0 Å². The third-order valence-corrected chi connectivity index (χ3v) is 5.35. The number of hydrogen-bond acceptors (Lipinski definition) is 3. The van der Waals surface area contributed by atoms with Crippen LogP contribution in [0, 0.1) is 5.92 Å². The van der Waals surface area contributed by atoms with Crippen molar-refractivity contribution in [3.05, 3.63) is 35.9 Å². The van der Waals surface area contributed by atoms with Crippen molar-refractivity contribution < 1.29 is 4.74 Å². The van der Waals surface area contributed by atoms with E-state index in [0.29, 0.717) is 12.0 Å². The van der Waals surface area contributed by atoms with Crippen LogP contribution in [0.5, 0.6) is 0 Å². The van der Waals surface area contributed by atoms with E-state index in [-0.39, 0.29) is 0 Å². The van der Waals surface area contributed by atoms with Crippen LogP contribution in [-0.4, -0.2) is 69.2 Å². The zero-order valence-electron chi connectivity index (χ0n) is 15.7. The molecule has 0 spiro atoms. The van der Waals surface area contributed by atoms with Gasteiger partial charge in [0, 0.05) is 39.7 Å². The van der Waals surface area contributed by atoms with Gasteiger partial charge in [-0.3, -0.25) is 9.89 Å². The topological polar surface area (TPSA) is 40.1 Å². The van der Waals surface area contributed by atoms with Crippen LogP contribution in [-0.2, 0) is 4.74 Å². The molecule has 2 unspecified atom stereocenters. The molecule has 2 fully saturated rings. The number of nitrogens with one attached hydrogen (secondary N) is 1. The minimum Gasteiger partial charge on any atom is -0.381 e. The zero-order chi connectivity index (χ0) is 17.5. The highest BCUT2D eigenvalue weighted by molar-refractivity contribution is 5.79. The van der Waals surface area contributed by atoms with Gasteiger partial charge in [-0.25, -0.2) is 0 Å². The van der Waals surface area contributed by atoms with Gasteiger partial charge in [0.2, 0.25) is 0 Å². The molecule has 1 N–H and O–H groups in total. The Hall–Kier alpha value is -1.59. The molecule has 2 aliphatic heterocycles. The molecule has 25 heavy (non-hydrogen) atoms. The van der Waals surface area contributed by atoms with Gasteiger partial charge in [-0.05, 0) is 37.9 Å². The van der Waals surface area contributed by atoms with E-state index in [1.54, 1.807) is 0 Å². The van der Waals surface area contributed by atoms with Crippen molar-refractivity contribution in [1.82, 2.24) is 15.1 Å². The fourth-order valence-electron chi connectivity index (χ4n) is 3.96. The van der Waals surface area contributed by atoms with E-state index in [9.17, 15) is 0 Å². The monoisotopic (exact) mass is 344 g/mol. The molecule has 0 aromatic heterocycles. The number of ether oxygens (including phenoxy) is 1. The predicted molar refractivity (Wildman–Crippen MR) is 103 cm³/mol. The van der Waals surface area contributed by atoms with Crippen molar-refractivity contribution in [2.45, 2.75) is 25.3 Å². The Morgan fingerprint density at radius 2 is 2.08 bits per heavy atom. The lowest BCUT2D eigenvalue weighted by molar-refractivity contribution is 0.181. The molecule has 2 atom stereocenters. The minimum absolute atomic E-state index is 0.406. The van der Waals surface area contributed by atoms with Gasteiger partial charge in [-0.15, -0.1) is 0 Å². The second-order valence-corrected chi connectivity index (χ2v) is 7.21. The van der Waals surface area contributed by atoms with Crippen LogP contribution in [0.25, 0.3) is 0 Å². The molecular formula is C20H32N4O. The molecule has 138 valence electrons. The molecule has 1 aromatic carbocycles. The van der Waals surface area contributed by atoms with E-state index in [1.165, 1.54) is 31.5 Å². The quantitative estimate of drug-likeness (QED) is 0.635. The summed E-state index contributed by atoms with van der Waals surface area (Å²) in [6.45, 7) is 6.04. The molecule has 2 heterocycles. The first-order chi connectivity index (χ1) is 12.3. The zero-order valence-corrected chi connectivity index (χ0v) is 15.7. The largest absolute Gasteiger partial charge is 0.381 e. The van der Waals surface area contributed by atoms with Gasteiger partial charge in [0.1, 0.15) is 0 Å². The number of rotatable bonds is 6. The summed E-state index contributed by atoms with van der Waals surface area (Å²) in [5.41, 5.74) is 1.39. The molecule has 0 radical (unpaired) electrons. The third-order valence-electron chi connectivity index (χ3n) is 5.35. The Bertz CT molecular complexity index is 536. The highest BCUT2D eigenvalue weighted by atomic mass is 16.5. The Morgan fingerprint density at radius 3 is 2.72 bits per heavy atom. The Kier molecular flexibility index (Phi) is 6.70. The summed E-state index contributed by atoms with van der Waals surface area (Å²) in [7, 11) is 4.00. The summed E-state index contributed by atoms with van der Waals surface area (Å²) in [5, 5.41) is 3.61. The van der Waals surface area contributed by atoms with Gasteiger partial charge in [0.05, 0.1) is 12.6 Å². The maximum atomic E-state index is 5.50. The van der Waals surface area contributed by atoms with E-state index >= 15 is 0 Å². The first kappa shape index (κ1) is 18.2. The second kappa shape index (κ2) is 9.20. The average Bonchev–Trinajstić information content (AvgIpc) is 3.33. The minimum atomic E-state index is 0.406. The van der Waals surface area contributed by atoms with Gasteiger partial charge < -0.3 is 15.0 Å². The molecule has 0 bridgehead atoms. The van der Waals surface area contributed by atoms with Crippen molar-refractivity contribution >= 4 is 5.96 Å². The van der Waals surface area contributed by atoms with Crippen LogP contribution in [0.15, 0.2) is 35.3 Å². The molecule has 5 heteroatoms. The van der Waals surface area contributed by atoms with E-state index in [0.717, 1.165) is 38.7 Å². The Balaban J connectivity index is 1.60. The van der Waals surface area contributed by atoms with Crippen molar-refractivity contribution in [3.8, 4) is 0 Å². The SMILES string of the molecule is CN=C(NCC(c1ccccc1)N1CCCC1)N(C)CC1CCOC1. The summed E-state index contributed by atoms with van der Waals surface area (Å²) < 4.78 is 5.50. The van der Waals surface area contributed by atoms with Gasteiger partial charge >= 0.3 is 0 Å². The van der Waals surface area contributed by atoms with Gasteiger partial charge in [-0.1, -0.05) is 30.3 Å². The van der Waals surface area contributed by atoms with E-state index in [1.807, 2.05) is 7.05 Å². The summed E-state index contributed by atoms with van der Waals surface area (Å²) in [6.07, 6.45) is 3.76. The van der Waals surface area contributed by atoms with Crippen LogP contribution in [0.4, 0.5) is 0 Å². The summed E-state index contributed by atoms with van der Waals surface area (Å²) in [6, 6.07) is 11.3. The fraction of sp³-hybridized carbons (Fsp3) is 0.650. The highest BCUT2D eigenvalue weighted by Gasteiger charge is 2.24. The number of hydrogen-bond donors (Lipinski definition) is 1. The van der Waals surface area contributed by atoms with Gasteiger partial charge in [-0.2, -0.15) is 0 Å². The molecule has 2 saturated heterocycles. The van der Waals surface area contributed by atoms with Gasteiger partial charge in [0.15, 0.2) is 5.96 Å². The molecular weight excluding hydrogens is 312 g/mol.